The van der Waals surface area contributed by atoms with Crippen LogP contribution in [0.5, 0.6) is 5.75 Å². The second kappa shape index (κ2) is 5.16. The Bertz CT molecular complexity index is 399. The van der Waals surface area contributed by atoms with Gasteiger partial charge in [0.1, 0.15) is 5.75 Å². The number of carboxylic acid groups (broad SMARTS) is 1. The summed E-state index contributed by atoms with van der Waals surface area (Å²) < 4.78 is 10.5. The Hall–Kier alpha value is -1.59. The van der Waals surface area contributed by atoms with Crippen LogP contribution in [0.2, 0.25) is 0 Å². The number of morpholine rings is 1. The molecule has 1 aromatic carbocycles. The van der Waals surface area contributed by atoms with Gasteiger partial charge < -0.3 is 19.9 Å². The van der Waals surface area contributed by atoms with Gasteiger partial charge in [-0.05, 0) is 6.07 Å². The largest absolute Gasteiger partial charge is 0.496 e. The molecule has 0 aromatic heterocycles. The molecule has 2 rings (SSSR count). The molecule has 5 heteroatoms. The van der Waals surface area contributed by atoms with Crippen molar-refractivity contribution in [2.24, 2.45) is 0 Å². The standard InChI is InChI=1S/C12H15NO4/c1-16-10-5-3-2-4-8(10)9-7-17-11(6-13-9)12(14)15/h2-5,9,11,13H,6-7H2,1H3,(H,14,15). The first kappa shape index (κ1) is 11.9. The molecule has 1 fully saturated rings. The van der Waals surface area contributed by atoms with E-state index in [1.54, 1.807) is 7.11 Å². The monoisotopic (exact) mass is 237 g/mol. The molecule has 17 heavy (non-hydrogen) atoms. The second-order valence-electron chi connectivity index (χ2n) is 3.86. The Morgan fingerprint density at radius 3 is 2.88 bits per heavy atom. The molecular formula is C12H15NO4. The van der Waals surface area contributed by atoms with Gasteiger partial charge >= 0.3 is 5.97 Å². The predicted octanol–water partition coefficient (Wildman–Crippen LogP) is 0.809. The van der Waals surface area contributed by atoms with E-state index in [9.17, 15) is 4.79 Å². The van der Waals surface area contributed by atoms with E-state index >= 15 is 0 Å². The molecule has 1 saturated heterocycles. The van der Waals surface area contributed by atoms with Crippen molar-refractivity contribution in [1.29, 1.82) is 0 Å². The van der Waals surface area contributed by atoms with Crippen LogP contribution in [-0.2, 0) is 9.53 Å². The summed E-state index contributed by atoms with van der Waals surface area (Å²) in [6.07, 6.45) is -0.763. The maximum Gasteiger partial charge on any atom is 0.334 e. The normalized spacial score (nSPS) is 24.3. The summed E-state index contributed by atoms with van der Waals surface area (Å²) in [5.74, 6) is -0.154. The summed E-state index contributed by atoms with van der Waals surface area (Å²) in [4.78, 5) is 10.7. The molecule has 2 unspecified atom stereocenters. The van der Waals surface area contributed by atoms with Crippen LogP contribution in [0, 0.1) is 0 Å². The minimum Gasteiger partial charge on any atom is -0.496 e. The number of hydrogen-bond acceptors (Lipinski definition) is 4. The van der Waals surface area contributed by atoms with Crippen LogP contribution in [0.3, 0.4) is 0 Å². The average Bonchev–Trinajstić information content (AvgIpc) is 2.39. The van der Waals surface area contributed by atoms with E-state index in [-0.39, 0.29) is 6.04 Å². The van der Waals surface area contributed by atoms with Gasteiger partial charge in [-0.1, -0.05) is 18.2 Å². The third-order valence-corrected chi connectivity index (χ3v) is 2.80. The first-order valence-electron chi connectivity index (χ1n) is 5.43. The molecule has 0 spiro atoms. The topological polar surface area (TPSA) is 67.8 Å². The van der Waals surface area contributed by atoms with Crippen LogP contribution in [0.4, 0.5) is 0 Å². The number of nitrogens with one attached hydrogen (secondary N) is 1. The summed E-state index contributed by atoms with van der Waals surface area (Å²) in [7, 11) is 1.61. The number of aliphatic carboxylic acids is 1. The van der Waals surface area contributed by atoms with E-state index in [4.69, 9.17) is 14.6 Å². The molecule has 0 aliphatic carbocycles. The van der Waals surface area contributed by atoms with Gasteiger partial charge in [-0.15, -0.1) is 0 Å². The van der Waals surface area contributed by atoms with Crippen molar-refractivity contribution in [3.05, 3.63) is 29.8 Å². The predicted molar refractivity (Wildman–Crippen MR) is 61.1 cm³/mol. The lowest BCUT2D eigenvalue weighted by Crippen LogP contribution is -2.45. The van der Waals surface area contributed by atoms with Crippen molar-refractivity contribution in [3.8, 4) is 5.75 Å². The van der Waals surface area contributed by atoms with Crippen LogP contribution in [0.25, 0.3) is 0 Å². The van der Waals surface area contributed by atoms with E-state index in [0.29, 0.717) is 13.2 Å². The lowest BCUT2D eigenvalue weighted by molar-refractivity contribution is -0.153. The summed E-state index contributed by atoms with van der Waals surface area (Å²) in [5, 5.41) is 12.0. The third-order valence-electron chi connectivity index (χ3n) is 2.80. The summed E-state index contributed by atoms with van der Waals surface area (Å²) in [6, 6.07) is 7.61. The minimum atomic E-state index is -0.934. The van der Waals surface area contributed by atoms with Crippen molar-refractivity contribution in [3.63, 3.8) is 0 Å². The van der Waals surface area contributed by atoms with Crippen LogP contribution >= 0.6 is 0 Å². The first-order chi connectivity index (χ1) is 8.22. The van der Waals surface area contributed by atoms with E-state index < -0.39 is 12.1 Å². The smallest absolute Gasteiger partial charge is 0.334 e. The lowest BCUT2D eigenvalue weighted by atomic mass is 10.0. The van der Waals surface area contributed by atoms with Crippen LogP contribution in [0.15, 0.2) is 24.3 Å². The Kier molecular flexibility index (Phi) is 3.61. The number of carbonyl (C=O) groups is 1. The number of benzene rings is 1. The van der Waals surface area contributed by atoms with Crippen molar-refractivity contribution in [2.75, 3.05) is 20.3 Å². The Balaban J connectivity index is 2.07. The molecule has 0 amide bonds. The van der Waals surface area contributed by atoms with Gasteiger partial charge in [-0.2, -0.15) is 0 Å². The van der Waals surface area contributed by atoms with Gasteiger partial charge in [0.15, 0.2) is 6.10 Å². The zero-order valence-corrected chi connectivity index (χ0v) is 9.55. The van der Waals surface area contributed by atoms with E-state index in [2.05, 4.69) is 5.32 Å². The molecule has 0 bridgehead atoms. The molecule has 5 nitrogen and oxygen atoms in total. The maximum atomic E-state index is 10.7. The van der Waals surface area contributed by atoms with Crippen molar-refractivity contribution < 1.29 is 19.4 Å². The molecule has 92 valence electrons. The zero-order valence-electron chi connectivity index (χ0n) is 9.55. The quantitative estimate of drug-likeness (QED) is 0.814. The van der Waals surface area contributed by atoms with Gasteiger partial charge in [-0.3, -0.25) is 0 Å². The molecule has 1 aromatic rings. The summed E-state index contributed by atoms with van der Waals surface area (Å²) in [5.41, 5.74) is 0.985. The fraction of sp³-hybridized carbons (Fsp3) is 0.417. The first-order valence-corrected chi connectivity index (χ1v) is 5.43. The Labute approximate surface area is 99.3 Å². The van der Waals surface area contributed by atoms with Gasteiger partial charge in [0, 0.05) is 12.1 Å². The van der Waals surface area contributed by atoms with Crippen LogP contribution < -0.4 is 10.1 Å². The van der Waals surface area contributed by atoms with Crippen molar-refractivity contribution >= 4 is 5.97 Å². The lowest BCUT2D eigenvalue weighted by Gasteiger charge is -2.29. The SMILES string of the molecule is COc1ccccc1C1COC(C(=O)O)CN1. The van der Waals surface area contributed by atoms with Crippen LogP contribution in [-0.4, -0.2) is 37.4 Å². The van der Waals surface area contributed by atoms with E-state index in [0.717, 1.165) is 11.3 Å². The average molecular weight is 237 g/mol. The minimum absolute atomic E-state index is 0.0262. The molecule has 1 aliphatic heterocycles. The highest BCUT2D eigenvalue weighted by atomic mass is 16.5. The fourth-order valence-electron chi connectivity index (χ4n) is 1.89. The van der Waals surface area contributed by atoms with Gasteiger partial charge in [0.2, 0.25) is 0 Å². The summed E-state index contributed by atoms with van der Waals surface area (Å²) >= 11 is 0. The Morgan fingerprint density at radius 2 is 2.29 bits per heavy atom. The number of methoxy groups -OCH3 is 1. The molecule has 0 saturated carbocycles. The molecule has 1 aliphatic rings. The van der Waals surface area contributed by atoms with E-state index in [1.165, 1.54) is 0 Å². The highest BCUT2D eigenvalue weighted by molar-refractivity contribution is 5.72. The zero-order chi connectivity index (χ0) is 12.3. The maximum absolute atomic E-state index is 10.7. The number of carboxylic acids is 1. The second-order valence-corrected chi connectivity index (χ2v) is 3.86. The number of para-hydroxylation sites is 1. The molecule has 1 heterocycles. The third kappa shape index (κ3) is 2.57. The van der Waals surface area contributed by atoms with E-state index in [1.807, 2.05) is 24.3 Å². The molecule has 2 N–H and O–H groups in total. The number of rotatable bonds is 3. The van der Waals surface area contributed by atoms with Gasteiger partial charge in [0.25, 0.3) is 0 Å². The van der Waals surface area contributed by atoms with Gasteiger partial charge in [0.05, 0.1) is 19.8 Å². The molecule has 2 atom stereocenters. The fourth-order valence-corrected chi connectivity index (χ4v) is 1.89. The highest BCUT2D eigenvalue weighted by Crippen LogP contribution is 2.26. The molecular weight excluding hydrogens is 222 g/mol. The van der Waals surface area contributed by atoms with Crippen LogP contribution in [0.1, 0.15) is 11.6 Å². The van der Waals surface area contributed by atoms with Crippen molar-refractivity contribution in [2.45, 2.75) is 12.1 Å². The summed E-state index contributed by atoms with van der Waals surface area (Å²) in [6.45, 7) is 0.634. The highest BCUT2D eigenvalue weighted by Gasteiger charge is 2.28. The van der Waals surface area contributed by atoms with Crippen molar-refractivity contribution in [1.82, 2.24) is 5.32 Å². The number of hydrogen-bond donors (Lipinski definition) is 2. The Morgan fingerprint density at radius 1 is 1.53 bits per heavy atom. The van der Waals surface area contributed by atoms with Gasteiger partial charge in [-0.25, -0.2) is 4.79 Å². The number of ether oxygens (including phenoxy) is 2. The molecule has 0 radical (unpaired) electrons.